The molecule has 5 heteroatoms. The van der Waals surface area contributed by atoms with Crippen molar-refractivity contribution in [3.05, 3.63) is 52.6 Å². The van der Waals surface area contributed by atoms with Gasteiger partial charge in [0.2, 0.25) is 5.91 Å². The highest BCUT2D eigenvalue weighted by molar-refractivity contribution is 9.10. The van der Waals surface area contributed by atoms with Crippen LogP contribution in [-0.2, 0) is 4.79 Å². The van der Waals surface area contributed by atoms with E-state index < -0.39 is 0 Å². The Labute approximate surface area is 132 Å². The van der Waals surface area contributed by atoms with Crippen molar-refractivity contribution in [3.8, 4) is 5.75 Å². The molecule has 0 aliphatic heterocycles. The third-order valence-electron chi connectivity index (χ3n) is 3.37. The largest absolute Gasteiger partial charge is 0.497 e. The number of ether oxygens (including phenoxy) is 1. The summed E-state index contributed by atoms with van der Waals surface area (Å²) in [6.07, 6.45) is 1.68. The molecular weight excluding hydrogens is 332 g/mol. The third-order valence-corrected chi connectivity index (χ3v) is 3.84. The second-order valence-electron chi connectivity index (χ2n) is 4.73. The summed E-state index contributed by atoms with van der Waals surface area (Å²) >= 11 is 3.33. The molecule has 0 saturated carbocycles. The Bertz CT molecular complexity index is 611. The first-order chi connectivity index (χ1) is 10.0. The van der Waals surface area contributed by atoms with E-state index in [0.717, 1.165) is 15.8 Å². The fourth-order valence-corrected chi connectivity index (χ4v) is 2.24. The number of likely N-dealkylation sites (N-methyl/N-ethyl adjacent to an activating group) is 1. The number of carbonyl (C=O) groups is 1. The van der Waals surface area contributed by atoms with Crippen LogP contribution in [0.25, 0.3) is 0 Å². The molecule has 21 heavy (non-hydrogen) atoms. The standard InChI is InChI=1S/C16H17BrN2O2/c1-11(12-4-7-14(21-3)8-5-12)16(20)19(2)15-9-6-13(17)10-18-15/h4-11H,1-3H3/t11-/m1/s1. The molecule has 1 amide bonds. The Kier molecular flexibility index (Phi) is 4.96. The van der Waals surface area contributed by atoms with E-state index in [1.165, 1.54) is 0 Å². The van der Waals surface area contributed by atoms with Crippen molar-refractivity contribution in [1.82, 2.24) is 4.98 Å². The highest BCUT2D eigenvalue weighted by Crippen LogP contribution is 2.23. The van der Waals surface area contributed by atoms with Gasteiger partial charge >= 0.3 is 0 Å². The number of hydrogen-bond donors (Lipinski definition) is 0. The zero-order chi connectivity index (χ0) is 15.4. The number of amides is 1. The molecule has 1 heterocycles. The minimum atomic E-state index is -0.244. The van der Waals surface area contributed by atoms with Crippen LogP contribution in [0.5, 0.6) is 5.75 Å². The SMILES string of the molecule is COc1ccc([C@@H](C)C(=O)N(C)c2ccc(Br)cn2)cc1. The lowest BCUT2D eigenvalue weighted by Crippen LogP contribution is -2.31. The van der Waals surface area contributed by atoms with E-state index in [2.05, 4.69) is 20.9 Å². The number of halogens is 1. The van der Waals surface area contributed by atoms with Crippen molar-refractivity contribution >= 4 is 27.7 Å². The Balaban J connectivity index is 2.15. The van der Waals surface area contributed by atoms with Gasteiger partial charge in [-0.1, -0.05) is 12.1 Å². The monoisotopic (exact) mass is 348 g/mol. The topological polar surface area (TPSA) is 42.4 Å². The van der Waals surface area contributed by atoms with Crippen LogP contribution in [0.4, 0.5) is 5.82 Å². The van der Waals surface area contributed by atoms with Gasteiger partial charge in [-0.2, -0.15) is 0 Å². The molecule has 0 spiro atoms. The molecule has 2 aromatic rings. The smallest absolute Gasteiger partial charge is 0.235 e. The van der Waals surface area contributed by atoms with Gasteiger partial charge in [-0.05, 0) is 52.7 Å². The molecule has 0 radical (unpaired) electrons. The average molecular weight is 349 g/mol. The maximum atomic E-state index is 12.5. The molecule has 0 bridgehead atoms. The van der Waals surface area contributed by atoms with E-state index in [4.69, 9.17) is 4.74 Å². The van der Waals surface area contributed by atoms with Crippen LogP contribution in [-0.4, -0.2) is 25.0 Å². The Morgan fingerprint density at radius 2 is 1.90 bits per heavy atom. The number of nitrogens with zero attached hydrogens (tertiary/aromatic N) is 2. The summed E-state index contributed by atoms with van der Waals surface area (Å²) < 4.78 is 6.01. The van der Waals surface area contributed by atoms with Crippen LogP contribution >= 0.6 is 15.9 Å². The summed E-state index contributed by atoms with van der Waals surface area (Å²) in [5.41, 5.74) is 0.949. The number of anilines is 1. The van der Waals surface area contributed by atoms with Crippen LogP contribution in [0.2, 0.25) is 0 Å². The third kappa shape index (κ3) is 3.61. The molecule has 0 aliphatic carbocycles. The molecule has 1 atom stereocenters. The molecule has 0 saturated heterocycles. The Morgan fingerprint density at radius 3 is 2.43 bits per heavy atom. The highest BCUT2D eigenvalue weighted by atomic mass is 79.9. The second kappa shape index (κ2) is 6.72. The van der Waals surface area contributed by atoms with Gasteiger partial charge < -0.3 is 4.74 Å². The molecule has 0 aliphatic rings. The summed E-state index contributed by atoms with van der Waals surface area (Å²) in [5, 5.41) is 0. The average Bonchev–Trinajstić information content (AvgIpc) is 2.53. The highest BCUT2D eigenvalue weighted by Gasteiger charge is 2.21. The molecule has 0 fully saturated rings. The normalized spacial score (nSPS) is 11.8. The molecule has 1 aromatic carbocycles. The first kappa shape index (κ1) is 15.5. The minimum Gasteiger partial charge on any atom is -0.497 e. The predicted molar refractivity (Wildman–Crippen MR) is 86.8 cm³/mol. The van der Waals surface area contributed by atoms with Crippen LogP contribution in [0.15, 0.2) is 47.1 Å². The fourth-order valence-electron chi connectivity index (χ4n) is 2.00. The first-order valence-corrected chi connectivity index (χ1v) is 7.35. The van der Waals surface area contributed by atoms with Crippen molar-refractivity contribution in [2.75, 3.05) is 19.1 Å². The Hall–Kier alpha value is -1.88. The van der Waals surface area contributed by atoms with Gasteiger partial charge in [0.15, 0.2) is 0 Å². The molecule has 2 rings (SSSR count). The summed E-state index contributed by atoms with van der Waals surface area (Å²) in [6.45, 7) is 1.89. The van der Waals surface area contributed by atoms with Gasteiger partial charge in [0.05, 0.1) is 13.0 Å². The maximum absolute atomic E-state index is 12.5. The van der Waals surface area contributed by atoms with Crippen LogP contribution < -0.4 is 9.64 Å². The van der Waals surface area contributed by atoms with E-state index in [1.54, 1.807) is 25.3 Å². The van der Waals surface area contributed by atoms with E-state index >= 15 is 0 Å². The lowest BCUT2D eigenvalue weighted by Gasteiger charge is -2.21. The second-order valence-corrected chi connectivity index (χ2v) is 5.64. The van der Waals surface area contributed by atoms with Crippen molar-refractivity contribution in [3.63, 3.8) is 0 Å². The molecule has 0 unspecified atom stereocenters. The van der Waals surface area contributed by atoms with E-state index in [-0.39, 0.29) is 11.8 Å². The summed E-state index contributed by atoms with van der Waals surface area (Å²) in [7, 11) is 3.36. The molecule has 1 aromatic heterocycles. The van der Waals surface area contributed by atoms with Crippen molar-refractivity contribution in [2.24, 2.45) is 0 Å². The number of hydrogen-bond acceptors (Lipinski definition) is 3. The van der Waals surface area contributed by atoms with E-state index in [9.17, 15) is 4.79 Å². The number of pyridine rings is 1. The van der Waals surface area contributed by atoms with Gasteiger partial charge in [0.1, 0.15) is 11.6 Å². The zero-order valence-electron chi connectivity index (χ0n) is 12.2. The van der Waals surface area contributed by atoms with Gasteiger partial charge in [0, 0.05) is 17.7 Å². The maximum Gasteiger partial charge on any atom is 0.235 e. The molecule has 110 valence electrons. The lowest BCUT2D eigenvalue weighted by atomic mass is 10.00. The number of benzene rings is 1. The van der Waals surface area contributed by atoms with Gasteiger partial charge in [-0.15, -0.1) is 0 Å². The van der Waals surface area contributed by atoms with Crippen LogP contribution in [0.3, 0.4) is 0 Å². The van der Waals surface area contributed by atoms with Gasteiger partial charge in [0.25, 0.3) is 0 Å². The van der Waals surface area contributed by atoms with Crippen LogP contribution in [0.1, 0.15) is 18.4 Å². The summed E-state index contributed by atoms with van der Waals surface area (Å²) in [5.74, 6) is 1.16. The Morgan fingerprint density at radius 1 is 1.24 bits per heavy atom. The van der Waals surface area contributed by atoms with Crippen molar-refractivity contribution in [2.45, 2.75) is 12.8 Å². The van der Waals surface area contributed by atoms with Crippen LogP contribution in [0, 0.1) is 0 Å². The summed E-state index contributed by atoms with van der Waals surface area (Å²) in [6, 6.07) is 11.2. The minimum absolute atomic E-state index is 0.00464. The lowest BCUT2D eigenvalue weighted by molar-refractivity contribution is -0.119. The van der Waals surface area contributed by atoms with Gasteiger partial charge in [-0.25, -0.2) is 4.98 Å². The number of rotatable bonds is 4. The van der Waals surface area contributed by atoms with Gasteiger partial charge in [-0.3, -0.25) is 9.69 Å². The van der Waals surface area contributed by atoms with Crippen molar-refractivity contribution in [1.29, 1.82) is 0 Å². The molecule has 4 nitrogen and oxygen atoms in total. The summed E-state index contributed by atoms with van der Waals surface area (Å²) in [4.78, 5) is 18.3. The first-order valence-electron chi connectivity index (χ1n) is 6.56. The fraction of sp³-hybridized carbons (Fsp3) is 0.250. The quantitative estimate of drug-likeness (QED) is 0.847. The molecule has 0 N–H and O–H groups in total. The number of aromatic nitrogens is 1. The number of carbonyl (C=O) groups excluding carboxylic acids is 1. The van der Waals surface area contributed by atoms with Crippen molar-refractivity contribution < 1.29 is 9.53 Å². The van der Waals surface area contributed by atoms with E-state index in [1.807, 2.05) is 43.3 Å². The predicted octanol–water partition coefficient (Wildman–Crippen LogP) is 3.62. The zero-order valence-corrected chi connectivity index (χ0v) is 13.8. The molecular formula is C16H17BrN2O2. The van der Waals surface area contributed by atoms with E-state index in [0.29, 0.717) is 5.82 Å². The number of methoxy groups -OCH3 is 1.